The van der Waals surface area contributed by atoms with Gasteiger partial charge in [0, 0.05) is 25.4 Å². The van der Waals surface area contributed by atoms with Crippen molar-refractivity contribution in [2.45, 2.75) is 6.42 Å². The zero-order valence-electron chi connectivity index (χ0n) is 12.3. The molecule has 0 spiro atoms. The van der Waals surface area contributed by atoms with Crippen molar-refractivity contribution in [1.29, 1.82) is 0 Å². The summed E-state index contributed by atoms with van der Waals surface area (Å²) in [7, 11) is 0. The summed E-state index contributed by atoms with van der Waals surface area (Å²) in [6, 6.07) is 3.12. The van der Waals surface area contributed by atoms with E-state index in [2.05, 4.69) is 10.4 Å². The maximum absolute atomic E-state index is 13.7. The van der Waals surface area contributed by atoms with Crippen molar-refractivity contribution in [3.8, 4) is 5.69 Å². The molecule has 8 heteroatoms. The summed E-state index contributed by atoms with van der Waals surface area (Å²) in [6.07, 6.45) is 3.28. The van der Waals surface area contributed by atoms with Gasteiger partial charge in [-0.1, -0.05) is 0 Å². The summed E-state index contributed by atoms with van der Waals surface area (Å²) < 4.78 is 32.8. The normalized spacial score (nSPS) is 10.7. The van der Waals surface area contributed by atoms with Crippen LogP contribution in [0.2, 0.25) is 0 Å². The molecule has 2 rings (SSSR count). The van der Waals surface area contributed by atoms with Gasteiger partial charge in [-0.3, -0.25) is 4.79 Å². The Morgan fingerprint density at radius 3 is 2.91 bits per heavy atom. The van der Waals surface area contributed by atoms with Crippen LogP contribution in [0, 0.1) is 11.6 Å². The molecule has 1 amide bonds. The Bertz CT molecular complexity index is 661. The Balaban J connectivity index is 1.90. The quantitative estimate of drug-likeness (QED) is 0.717. The average molecular weight is 325 g/mol. The number of nitrogens with zero attached hydrogens (tertiary/aromatic N) is 2. The highest BCUT2D eigenvalue weighted by Gasteiger charge is 2.11. The lowest BCUT2D eigenvalue weighted by Gasteiger charge is -2.04. The highest BCUT2D eigenvalue weighted by atomic mass is 19.1. The minimum absolute atomic E-state index is 0.0362. The predicted molar refractivity (Wildman–Crippen MR) is 78.3 cm³/mol. The minimum Gasteiger partial charge on any atom is -0.394 e. The molecular weight excluding hydrogens is 308 g/mol. The number of carbonyl (C=O) groups excluding carboxylic acids is 1. The highest BCUT2D eigenvalue weighted by molar-refractivity contribution is 5.93. The van der Waals surface area contributed by atoms with Gasteiger partial charge in [-0.15, -0.1) is 0 Å². The van der Waals surface area contributed by atoms with Crippen LogP contribution < -0.4 is 5.32 Å². The third-order valence-electron chi connectivity index (χ3n) is 2.99. The number of hydrogen-bond acceptors (Lipinski definition) is 4. The van der Waals surface area contributed by atoms with Crippen molar-refractivity contribution in [2.24, 2.45) is 0 Å². The molecule has 0 aliphatic rings. The lowest BCUT2D eigenvalue weighted by molar-refractivity contribution is 0.0867. The molecule has 0 aliphatic heterocycles. The van der Waals surface area contributed by atoms with Crippen LogP contribution in [0.15, 0.2) is 30.6 Å². The van der Waals surface area contributed by atoms with Crippen LogP contribution in [0.25, 0.3) is 5.69 Å². The van der Waals surface area contributed by atoms with Crippen molar-refractivity contribution in [1.82, 2.24) is 15.1 Å². The van der Waals surface area contributed by atoms with E-state index in [0.717, 1.165) is 12.1 Å². The van der Waals surface area contributed by atoms with Crippen LogP contribution in [-0.4, -0.2) is 47.2 Å². The first-order chi connectivity index (χ1) is 11.1. The molecule has 0 saturated heterocycles. The van der Waals surface area contributed by atoms with Crippen molar-refractivity contribution in [2.75, 3.05) is 26.4 Å². The topological polar surface area (TPSA) is 76.4 Å². The molecule has 0 radical (unpaired) electrons. The van der Waals surface area contributed by atoms with Crippen LogP contribution in [0.4, 0.5) is 8.78 Å². The fourth-order valence-electron chi connectivity index (χ4n) is 1.88. The maximum Gasteiger partial charge on any atom is 0.254 e. The molecule has 1 heterocycles. The van der Waals surface area contributed by atoms with E-state index in [1.807, 2.05) is 0 Å². The zero-order valence-corrected chi connectivity index (χ0v) is 12.3. The smallest absolute Gasteiger partial charge is 0.254 e. The molecule has 0 bridgehead atoms. The molecule has 2 aromatic rings. The molecule has 1 aromatic heterocycles. The van der Waals surface area contributed by atoms with Gasteiger partial charge in [0.1, 0.15) is 11.5 Å². The number of nitrogens with one attached hydrogen (secondary N) is 1. The molecular formula is C15H17F2N3O3. The summed E-state index contributed by atoms with van der Waals surface area (Å²) in [4.78, 5) is 11.9. The lowest BCUT2D eigenvalue weighted by Crippen LogP contribution is -2.25. The van der Waals surface area contributed by atoms with Gasteiger partial charge < -0.3 is 15.2 Å². The standard InChI is InChI=1S/C15H17F2N3O3/c16-12-2-3-14(13(17)8-12)20-10-11(9-19-20)15(22)18-4-1-6-23-7-5-21/h2-3,8-10,21H,1,4-7H2,(H,18,22). The minimum atomic E-state index is -0.763. The number of carbonyl (C=O) groups is 1. The molecule has 0 saturated carbocycles. The third kappa shape index (κ3) is 4.83. The van der Waals surface area contributed by atoms with E-state index in [4.69, 9.17) is 9.84 Å². The van der Waals surface area contributed by atoms with Gasteiger partial charge in [0.15, 0.2) is 5.82 Å². The second-order valence-corrected chi connectivity index (χ2v) is 4.71. The molecule has 23 heavy (non-hydrogen) atoms. The largest absolute Gasteiger partial charge is 0.394 e. The average Bonchev–Trinajstić information content (AvgIpc) is 3.00. The van der Waals surface area contributed by atoms with E-state index in [9.17, 15) is 13.6 Å². The summed E-state index contributed by atoms with van der Waals surface area (Å²) >= 11 is 0. The molecule has 0 fully saturated rings. The predicted octanol–water partition coefficient (Wildman–Crippen LogP) is 1.28. The highest BCUT2D eigenvalue weighted by Crippen LogP contribution is 2.14. The summed E-state index contributed by atoms with van der Waals surface area (Å²) in [5.41, 5.74) is 0.327. The number of rotatable bonds is 8. The lowest BCUT2D eigenvalue weighted by atomic mass is 10.3. The Morgan fingerprint density at radius 1 is 1.35 bits per heavy atom. The van der Waals surface area contributed by atoms with E-state index in [0.29, 0.717) is 19.6 Å². The molecule has 0 atom stereocenters. The van der Waals surface area contributed by atoms with Crippen molar-refractivity contribution < 1.29 is 23.4 Å². The number of halogens is 2. The Kier molecular flexibility index (Phi) is 6.19. The first-order valence-electron chi connectivity index (χ1n) is 7.08. The van der Waals surface area contributed by atoms with Crippen molar-refractivity contribution >= 4 is 5.91 Å². The number of aliphatic hydroxyl groups excluding tert-OH is 1. The second-order valence-electron chi connectivity index (χ2n) is 4.71. The Morgan fingerprint density at radius 2 is 2.17 bits per heavy atom. The number of hydrogen-bond donors (Lipinski definition) is 2. The molecule has 0 aliphatic carbocycles. The Hall–Kier alpha value is -2.32. The van der Waals surface area contributed by atoms with Crippen LogP contribution in [-0.2, 0) is 4.74 Å². The molecule has 0 unspecified atom stereocenters. The van der Waals surface area contributed by atoms with E-state index < -0.39 is 11.6 Å². The van der Waals surface area contributed by atoms with Gasteiger partial charge >= 0.3 is 0 Å². The molecule has 124 valence electrons. The first kappa shape index (κ1) is 17.0. The number of amides is 1. The number of benzene rings is 1. The van der Waals surface area contributed by atoms with Gasteiger partial charge in [0.25, 0.3) is 5.91 Å². The van der Waals surface area contributed by atoms with E-state index in [1.165, 1.54) is 23.1 Å². The third-order valence-corrected chi connectivity index (χ3v) is 2.99. The maximum atomic E-state index is 13.7. The monoisotopic (exact) mass is 325 g/mol. The molecule has 6 nitrogen and oxygen atoms in total. The molecule has 2 N–H and O–H groups in total. The van der Waals surface area contributed by atoms with Crippen molar-refractivity contribution in [3.63, 3.8) is 0 Å². The van der Waals surface area contributed by atoms with E-state index in [1.54, 1.807) is 0 Å². The van der Waals surface area contributed by atoms with Crippen LogP contribution in [0.5, 0.6) is 0 Å². The fourth-order valence-corrected chi connectivity index (χ4v) is 1.88. The number of aromatic nitrogens is 2. The van der Waals surface area contributed by atoms with Crippen LogP contribution >= 0.6 is 0 Å². The van der Waals surface area contributed by atoms with Gasteiger partial charge in [0.05, 0.1) is 25.0 Å². The fraction of sp³-hybridized carbons (Fsp3) is 0.333. The van der Waals surface area contributed by atoms with Gasteiger partial charge in [0.2, 0.25) is 0 Å². The van der Waals surface area contributed by atoms with E-state index >= 15 is 0 Å². The second kappa shape index (κ2) is 8.35. The van der Waals surface area contributed by atoms with E-state index in [-0.39, 0.29) is 30.4 Å². The number of aliphatic hydroxyl groups is 1. The first-order valence-corrected chi connectivity index (χ1v) is 7.08. The SMILES string of the molecule is O=C(NCCCOCCO)c1cnn(-c2ccc(F)cc2F)c1. The van der Waals surface area contributed by atoms with Crippen molar-refractivity contribution in [3.05, 3.63) is 47.8 Å². The Labute approximate surface area is 131 Å². The summed E-state index contributed by atoms with van der Waals surface area (Å²) in [5, 5.41) is 15.1. The zero-order chi connectivity index (χ0) is 16.7. The van der Waals surface area contributed by atoms with Crippen LogP contribution in [0.1, 0.15) is 16.8 Å². The van der Waals surface area contributed by atoms with Gasteiger partial charge in [-0.25, -0.2) is 13.5 Å². The van der Waals surface area contributed by atoms with Gasteiger partial charge in [-0.2, -0.15) is 5.10 Å². The van der Waals surface area contributed by atoms with Crippen LogP contribution in [0.3, 0.4) is 0 Å². The summed E-state index contributed by atoms with van der Waals surface area (Å²) in [6.45, 7) is 1.07. The summed E-state index contributed by atoms with van der Waals surface area (Å²) in [5.74, 6) is -1.79. The molecule has 1 aromatic carbocycles. The number of ether oxygens (including phenoxy) is 1. The van der Waals surface area contributed by atoms with Gasteiger partial charge in [-0.05, 0) is 18.6 Å².